The number of carboxylic acids is 1. The zero-order valence-electron chi connectivity index (χ0n) is 12.3. The predicted molar refractivity (Wildman–Crippen MR) is 84.5 cm³/mol. The Kier molecular flexibility index (Phi) is 5.16. The van der Waals surface area contributed by atoms with E-state index in [-0.39, 0.29) is 23.8 Å². The van der Waals surface area contributed by atoms with Crippen molar-refractivity contribution in [3.8, 4) is 5.75 Å². The first-order valence-electron chi connectivity index (χ1n) is 6.81. The quantitative estimate of drug-likeness (QED) is 0.760. The summed E-state index contributed by atoms with van der Waals surface area (Å²) in [6, 6.07) is 4.53. The molecule has 0 spiro atoms. The molecule has 1 saturated carbocycles. The first-order chi connectivity index (χ1) is 10.7. The average Bonchev–Trinajstić information content (AvgIpc) is 3.20. The maximum atomic E-state index is 12.0. The smallest absolute Gasteiger partial charge is 0.307 e. The number of hydrogen-bond donors (Lipinski definition) is 2. The maximum Gasteiger partial charge on any atom is 0.307 e. The van der Waals surface area contributed by atoms with Crippen molar-refractivity contribution in [1.82, 2.24) is 0 Å². The molecule has 1 fully saturated rings. The van der Waals surface area contributed by atoms with Crippen LogP contribution in [0.1, 0.15) is 6.42 Å². The van der Waals surface area contributed by atoms with Crippen molar-refractivity contribution in [2.24, 2.45) is 11.8 Å². The van der Waals surface area contributed by atoms with Crippen LogP contribution >= 0.6 is 11.6 Å². The van der Waals surface area contributed by atoms with Gasteiger partial charge in [0, 0.05) is 11.3 Å². The van der Waals surface area contributed by atoms with Gasteiger partial charge in [0.1, 0.15) is 12.4 Å². The topological polar surface area (TPSA) is 110 Å². The Labute approximate surface area is 138 Å². The number of carbonyl (C=O) groups excluding carboxylic acids is 1. The van der Waals surface area contributed by atoms with E-state index in [4.69, 9.17) is 21.4 Å². The van der Waals surface area contributed by atoms with E-state index in [2.05, 4.69) is 5.32 Å². The molecule has 0 aromatic heterocycles. The third kappa shape index (κ3) is 5.11. The lowest BCUT2D eigenvalue weighted by Crippen LogP contribution is -2.18. The van der Waals surface area contributed by atoms with E-state index < -0.39 is 33.5 Å². The summed E-state index contributed by atoms with van der Waals surface area (Å²) in [5.74, 6) is -2.54. The van der Waals surface area contributed by atoms with Gasteiger partial charge in [-0.2, -0.15) is 0 Å². The third-order valence-corrected chi connectivity index (χ3v) is 4.50. The van der Waals surface area contributed by atoms with Crippen LogP contribution in [0.3, 0.4) is 0 Å². The van der Waals surface area contributed by atoms with Crippen molar-refractivity contribution in [2.45, 2.75) is 6.42 Å². The van der Waals surface area contributed by atoms with E-state index >= 15 is 0 Å². The summed E-state index contributed by atoms with van der Waals surface area (Å²) in [5, 5.41) is 11.8. The predicted octanol–water partition coefficient (Wildman–Crippen LogP) is 1.42. The molecule has 1 aliphatic carbocycles. The van der Waals surface area contributed by atoms with Crippen LogP contribution in [0.25, 0.3) is 0 Å². The summed E-state index contributed by atoms with van der Waals surface area (Å²) in [7, 11) is -3.16. The number of rotatable bonds is 7. The van der Waals surface area contributed by atoms with Crippen molar-refractivity contribution in [1.29, 1.82) is 0 Å². The van der Waals surface area contributed by atoms with Crippen LogP contribution in [0.15, 0.2) is 18.2 Å². The number of hydrogen-bond acceptors (Lipinski definition) is 5. The number of amides is 1. The fourth-order valence-electron chi connectivity index (χ4n) is 2.01. The molecule has 0 aliphatic heterocycles. The molecule has 9 heteroatoms. The summed E-state index contributed by atoms with van der Waals surface area (Å²) in [6.45, 7) is -0.0650. The Morgan fingerprint density at radius 1 is 1.39 bits per heavy atom. The maximum absolute atomic E-state index is 12.0. The Hall–Kier alpha value is -1.80. The van der Waals surface area contributed by atoms with Crippen LogP contribution in [0.4, 0.5) is 5.69 Å². The molecule has 0 heterocycles. The van der Waals surface area contributed by atoms with Crippen LogP contribution in [0, 0.1) is 11.8 Å². The molecule has 0 saturated heterocycles. The van der Waals surface area contributed by atoms with Crippen molar-refractivity contribution >= 4 is 39.0 Å². The largest absolute Gasteiger partial charge is 0.490 e. The summed E-state index contributed by atoms with van der Waals surface area (Å²) >= 11 is 5.88. The van der Waals surface area contributed by atoms with Gasteiger partial charge in [-0.1, -0.05) is 11.6 Å². The Morgan fingerprint density at radius 3 is 2.65 bits per heavy atom. The fourth-order valence-corrected chi connectivity index (χ4v) is 2.57. The Balaban J connectivity index is 2.04. The zero-order valence-corrected chi connectivity index (χ0v) is 13.9. The van der Waals surface area contributed by atoms with Crippen LogP contribution in [-0.2, 0) is 19.4 Å². The number of anilines is 1. The van der Waals surface area contributed by atoms with Crippen LogP contribution in [-0.4, -0.2) is 44.0 Å². The second-order valence-electron chi connectivity index (χ2n) is 5.39. The summed E-state index contributed by atoms with van der Waals surface area (Å²) < 4.78 is 27.6. The normalized spacial score (nSPS) is 19.9. The van der Waals surface area contributed by atoms with Gasteiger partial charge in [-0.05, 0) is 24.6 Å². The first kappa shape index (κ1) is 17.6. The SMILES string of the molecule is CS(=O)(=O)CCOc1ccc(Cl)cc1NC(=O)C1CC1C(=O)O. The molecule has 1 aliphatic rings. The molecule has 0 radical (unpaired) electrons. The average molecular weight is 362 g/mol. The molecule has 2 rings (SSSR count). The van der Waals surface area contributed by atoms with E-state index in [0.29, 0.717) is 11.4 Å². The highest BCUT2D eigenvalue weighted by atomic mass is 35.5. The lowest BCUT2D eigenvalue weighted by molar-refractivity contribution is -0.139. The van der Waals surface area contributed by atoms with Gasteiger partial charge in [0.2, 0.25) is 5.91 Å². The van der Waals surface area contributed by atoms with Gasteiger partial charge in [-0.3, -0.25) is 9.59 Å². The molecule has 7 nitrogen and oxygen atoms in total. The Morgan fingerprint density at radius 2 is 2.09 bits per heavy atom. The fraction of sp³-hybridized carbons (Fsp3) is 0.429. The van der Waals surface area contributed by atoms with Crippen molar-refractivity contribution < 1.29 is 27.9 Å². The summed E-state index contributed by atoms with van der Waals surface area (Å²) in [6.07, 6.45) is 1.39. The van der Waals surface area contributed by atoms with Gasteiger partial charge in [0.05, 0.1) is 23.3 Å². The lowest BCUT2D eigenvalue weighted by Gasteiger charge is -2.12. The summed E-state index contributed by atoms with van der Waals surface area (Å²) in [5.41, 5.74) is 0.284. The van der Waals surface area contributed by atoms with E-state index in [0.717, 1.165) is 6.26 Å². The van der Waals surface area contributed by atoms with E-state index in [1.807, 2.05) is 0 Å². The molecule has 23 heavy (non-hydrogen) atoms. The molecular weight excluding hydrogens is 346 g/mol. The van der Waals surface area contributed by atoms with E-state index in [9.17, 15) is 18.0 Å². The molecular formula is C14H16ClNO6S. The number of nitrogens with one attached hydrogen (secondary N) is 1. The second-order valence-corrected chi connectivity index (χ2v) is 8.09. The molecule has 1 amide bonds. The van der Waals surface area contributed by atoms with Gasteiger partial charge in [-0.25, -0.2) is 8.42 Å². The number of benzene rings is 1. The van der Waals surface area contributed by atoms with Gasteiger partial charge < -0.3 is 15.2 Å². The van der Waals surface area contributed by atoms with E-state index in [1.165, 1.54) is 12.1 Å². The highest BCUT2D eigenvalue weighted by Crippen LogP contribution is 2.40. The number of carboxylic acid groups (broad SMARTS) is 1. The van der Waals surface area contributed by atoms with Crippen LogP contribution in [0.2, 0.25) is 5.02 Å². The molecule has 1 aromatic carbocycles. The minimum absolute atomic E-state index is 0.0650. The summed E-state index contributed by atoms with van der Waals surface area (Å²) in [4.78, 5) is 22.8. The van der Waals surface area contributed by atoms with Gasteiger partial charge >= 0.3 is 5.97 Å². The number of ether oxygens (including phenoxy) is 1. The number of sulfone groups is 1. The van der Waals surface area contributed by atoms with Gasteiger partial charge in [0.15, 0.2) is 9.84 Å². The number of carbonyl (C=O) groups is 2. The third-order valence-electron chi connectivity index (χ3n) is 3.36. The molecule has 0 bridgehead atoms. The van der Waals surface area contributed by atoms with Crippen molar-refractivity contribution in [3.05, 3.63) is 23.2 Å². The molecule has 2 atom stereocenters. The lowest BCUT2D eigenvalue weighted by atomic mass is 10.2. The van der Waals surface area contributed by atoms with Crippen LogP contribution in [0.5, 0.6) is 5.75 Å². The highest BCUT2D eigenvalue weighted by Gasteiger charge is 2.48. The highest BCUT2D eigenvalue weighted by molar-refractivity contribution is 7.90. The number of halogens is 1. The van der Waals surface area contributed by atoms with Crippen molar-refractivity contribution in [3.63, 3.8) is 0 Å². The standard InChI is InChI=1S/C14H16ClNO6S/c1-23(20,21)5-4-22-12-3-2-8(15)6-11(12)16-13(17)9-7-10(9)14(18)19/h2-3,6,9-10H,4-5,7H2,1H3,(H,16,17)(H,18,19). The first-order valence-corrected chi connectivity index (χ1v) is 9.25. The Bertz CT molecular complexity index is 733. The molecule has 2 unspecified atom stereocenters. The van der Waals surface area contributed by atoms with E-state index in [1.54, 1.807) is 6.07 Å². The molecule has 126 valence electrons. The monoisotopic (exact) mass is 361 g/mol. The van der Waals surface area contributed by atoms with Gasteiger partial charge in [0.25, 0.3) is 0 Å². The minimum Gasteiger partial charge on any atom is -0.490 e. The molecule has 1 aromatic rings. The van der Waals surface area contributed by atoms with Crippen LogP contribution < -0.4 is 10.1 Å². The van der Waals surface area contributed by atoms with Gasteiger partial charge in [-0.15, -0.1) is 0 Å². The second kappa shape index (κ2) is 6.76. The minimum atomic E-state index is -3.16. The van der Waals surface area contributed by atoms with Crippen molar-refractivity contribution in [2.75, 3.05) is 23.9 Å². The zero-order chi connectivity index (χ0) is 17.2. The number of aliphatic carboxylic acids is 1. The molecule has 2 N–H and O–H groups in total.